The van der Waals surface area contributed by atoms with Crippen LogP contribution in [0.15, 0.2) is 0 Å². The van der Waals surface area contributed by atoms with Crippen LogP contribution in [0.25, 0.3) is 0 Å². The third-order valence-corrected chi connectivity index (χ3v) is 3.93. The summed E-state index contributed by atoms with van der Waals surface area (Å²) in [5, 5.41) is 3.76. The van der Waals surface area contributed by atoms with Crippen LogP contribution in [0.5, 0.6) is 0 Å². The van der Waals surface area contributed by atoms with Gasteiger partial charge in [0.1, 0.15) is 0 Å². The van der Waals surface area contributed by atoms with E-state index in [2.05, 4.69) is 39.9 Å². The predicted octanol–water partition coefficient (Wildman–Crippen LogP) is 3.17. The van der Waals surface area contributed by atoms with Gasteiger partial charge in [-0.15, -0.1) is 0 Å². The lowest BCUT2D eigenvalue weighted by molar-refractivity contribution is 0.260. The largest absolute Gasteiger partial charge is 0.330 e. The summed E-state index contributed by atoms with van der Waals surface area (Å²) in [6, 6.07) is 0. The van der Waals surface area contributed by atoms with Gasteiger partial charge in [-0.25, -0.2) is 0 Å². The highest BCUT2D eigenvalue weighted by molar-refractivity contribution is 4.85. The molecule has 0 heterocycles. The van der Waals surface area contributed by atoms with Crippen LogP contribution in [-0.4, -0.2) is 18.6 Å². The third kappa shape index (κ3) is 5.31. The van der Waals surface area contributed by atoms with E-state index in [0.717, 1.165) is 19.0 Å². The molecule has 3 N–H and O–H groups in total. The molecule has 0 aromatic rings. The molecule has 0 aliphatic carbocycles. The van der Waals surface area contributed by atoms with Crippen molar-refractivity contribution in [1.29, 1.82) is 0 Å². The number of nitrogens with one attached hydrogen (secondary N) is 1. The molecule has 0 spiro atoms. The maximum Gasteiger partial charge on any atom is 0.0173 e. The van der Waals surface area contributed by atoms with Gasteiger partial charge in [-0.3, -0.25) is 0 Å². The Morgan fingerprint density at radius 2 is 1.56 bits per heavy atom. The summed E-state index contributed by atoms with van der Waals surface area (Å²) in [6.45, 7) is 13.3. The van der Waals surface area contributed by atoms with Crippen molar-refractivity contribution in [2.75, 3.05) is 13.1 Å². The number of hydrogen-bond donors (Lipinski definition) is 2. The first-order valence-electron chi connectivity index (χ1n) is 6.98. The highest BCUT2D eigenvalue weighted by atomic mass is 15.0. The zero-order valence-electron chi connectivity index (χ0n) is 12.0. The van der Waals surface area contributed by atoms with Gasteiger partial charge in [-0.05, 0) is 50.6 Å². The first kappa shape index (κ1) is 15.9. The van der Waals surface area contributed by atoms with E-state index in [1.165, 1.54) is 25.7 Å². The van der Waals surface area contributed by atoms with Gasteiger partial charge in [0, 0.05) is 5.54 Å². The molecule has 0 aliphatic heterocycles. The summed E-state index contributed by atoms with van der Waals surface area (Å²) in [5.74, 6) is 1.37. The molecule has 0 fully saturated rings. The molecular formula is C14H32N2. The monoisotopic (exact) mass is 228 g/mol. The average Bonchev–Trinajstić information content (AvgIpc) is 2.29. The molecule has 0 amide bonds. The van der Waals surface area contributed by atoms with Crippen LogP contribution in [0.4, 0.5) is 0 Å². The lowest BCUT2D eigenvalue weighted by atomic mass is 9.88. The van der Waals surface area contributed by atoms with Crippen molar-refractivity contribution in [3.63, 3.8) is 0 Å². The molecule has 16 heavy (non-hydrogen) atoms. The van der Waals surface area contributed by atoms with Crippen molar-refractivity contribution < 1.29 is 0 Å². The molecule has 2 heteroatoms. The van der Waals surface area contributed by atoms with Gasteiger partial charge in [0.05, 0.1) is 0 Å². The molecule has 0 aromatic carbocycles. The second kappa shape index (κ2) is 8.08. The van der Waals surface area contributed by atoms with Crippen molar-refractivity contribution >= 4 is 0 Å². The van der Waals surface area contributed by atoms with E-state index in [4.69, 9.17) is 5.73 Å². The average molecular weight is 228 g/mol. The van der Waals surface area contributed by atoms with Gasteiger partial charge < -0.3 is 11.1 Å². The number of hydrogen-bond acceptors (Lipinski definition) is 2. The fourth-order valence-corrected chi connectivity index (χ4v) is 2.42. The molecule has 2 nitrogen and oxygen atoms in total. The van der Waals surface area contributed by atoms with Crippen LogP contribution >= 0.6 is 0 Å². The van der Waals surface area contributed by atoms with E-state index in [-0.39, 0.29) is 0 Å². The third-order valence-electron chi connectivity index (χ3n) is 3.93. The van der Waals surface area contributed by atoms with Crippen LogP contribution in [0.2, 0.25) is 0 Å². The highest BCUT2D eigenvalue weighted by Gasteiger charge is 2.24. The fourth-order valence-electron chi connectivity index (χ4n) is 2.42. The Labute approximate surface area is 102 Å². The second-order valence-electron chi connectivity index (χ2n) is 5.45. The molecule has 0 aliphatic rings. The van der Waals surface area contributed by atoms with Gasteiger partial charge in [0.15, 0.2) is 0 Å². The Bertz CT molecular complexity index is 154. The van der Waals surface area contributed by atoms with Gasteiger partial charge in [-0.1, -0.05) is 34.6 Å². The second-order valence-corrected chi connectivity index (χ2v) is 5.45. The topological polar surface area (TPSA) is 38.0 Å². The van der Waals surface area contributed by atoms with Crippen molar-refractivity contribution in [1.82, 2.24) is 5.32 Å². The highest BCUT2D eigenvalue weighted by Crippen LogP contribution is 2.20. The quantitative estimate of drug-likeness (QED) is 0.636. The minimum absolute atomic E-state index is 0.338. The molecular weight excluding hydrogens is 196 g/mol. The van der Waals surface area contributed by atoms with E-state index in [1.807, 2.05) is 0 Å². The zero-order chi connectivity index (χ0) is 12.6. The molecule has 1 atom stereocenters. The van der Waals surface area contributed by atoms with Gasteiger partial charge in [0.25, 0.3) is 0 Å². The summed E-state index contributed by atoms with van der Waals surface area (Å²) in [5.41, 5.74) is 6.17. The van der Waals surface area contributed by atoms with Crippen LogP contribution in [0, 0.1) is 11.8 Å². The zero-order valence-corrected chi connectivity index (χ0v) is 12.0. The van der Waals surface area contributed by atoms with E-state index >= 15 is 0 Å². The van der Waals surface area contributed by atoms with E-state index in [1.54, 1.807) is 0 Å². The summed E-state index contributed by atoms with van der Waals surface area (Å²) in [7, 11) is 0. The normalized spacial score (nSPS) is 14.4. The molecule has 98 valence electrons. The molecule has 0 rings (SSSR count). The summed E-state index contributed by atoms with van der Waals surface area (Å²) in [6.07, 6.45) is 4.85. The van der Waals surface area contributed by atoms with Crippen LogP contribution < -0.4 is 11.1 Å². The van der Waals surface area contributed by atoms with Gasteiger partial charge in [0.2, 0.25) is 0 Å². The van der Waals surface area contributed by atoms with Crippen molar-refractivity contribution in [3.8, 4) is 0 Å². The Morgan fingerprint density at radius 1 is 1.06 bits per heavy atom. The standard InChI is InChI=1S/C14H32N2/c1-6-14(7-2,8-3)16-11-13(10-15)9-12(4)5/h12-13,16H,6-11,15H2,1-5H3. The van der Waals surface area contributed by atoms with E-state index in [9.17, 15) is 0 Å². The van der Waals surface area contributed by atoms with Gasteiger partial charge >= 0.3 is 0 Å². The van der Waals surface area contributed by atoms with E-state index in [0.29, 0.717) is 11.5 Å². The Hall–Kier alpha value is -0.0800. The van der Waals surface area contributed by atoms with Crippen LogP contribution in [-0.2, 0) is 0 Å². The predicted molar refractivity (Wildman–Crippen MR) is 73.6 cm³/mol. The van der Waals surface area contributed by atoms with Crippen molar-refractivity contribution in [3.05, 3.63) is 0 Å². The Kier molecular flexibility index (Phi) is 8.04. The first-order valence-corrected chi connectivity index (χ1v) is 6.98. The minimum Gasteiger partial charge on any atom is -0.330 e. The SMILES string of the molecule is CCC(CC)(CC)NCC(CN)CC(C)C. The lowest BCUT2D eigenvalue weighted by Crippen LogP contribution is -2.46. The number of nitrogens with two attached hydrogens (primary N) is 1. The first-order chi connectivity index (χ1) is 7.53. The van der Waals surface area contributed by atoms with Crippen molar-refractivity contribution in [2.45, 2.75) is 65.8 Å². The molecule has 0 aromatic heterocycles. The van der Waals surface area contributed by atoms with Crippen molar-refractivity contribution in [2.24, 2.45) is 17.6 Å². The maximum atomic E-state index is 5.83. The molecule has 0 radical (unpaired) electrons. The van der Waals surface area contributed by atoms with E-state index < -0.39 is 0 Å². The van der Waals surface area contributed by atoms with Crippen LogP contribution in [0.3, 0.4) is 0 Å². The Morgan fingerprint density at radius 3 is 1.88 bits per heavy atom. The summed E-state index contributed by atoms with van der Waals surface area (Å²) in [4.78, 5) is 0. The summed E-state index contributed by atoms with van der Waals surface area (Å²) >= 11 is 0. The Balaban J connectivity index is 4.16. The molecule has 0 saturated carbocycles. The number of rotatable bonds is 9. The lowest BCUT2D eigenvalue weighted by Gasteiger charge is -2.34. The van der Waals surface area contributed by atoms with Gasteiger partial charge in [-0.2, -0.15) is 0 Å². The maximum absolute atomic E-state index is 5.83. The smallest absolute Gasteiger partial charge is 0.0173 e. The van der Waals surface area contributed by atoms with Crippen LogP contribution in [0.1, 0.15) is 60.3 Å². The summed E-state index contributed by atoms with van der Waals surface area (Å²) < 4.78 is 0. The molecule has 1 unspecified atom stereocenters. The fraction of sp³-hybridized carbons (Fsp3) is 1.00. The molecule has 0 bridgehead atoms. The molecule has 0 saturated heterocycles. The minimum atomic E-state index is 0.338.